The van der Waals surface area contributed by atoms with Gasteiger partial charge in [0.2, 0.25) is 0 Å². The minimum Gasteiger partial charge on any atom is -0.384 e. The van der Waals surface area contributed by atoms with E-state index in [9.17, 15) is 0 Å². The Bertz CT molecular complexity index is 1040. The molecule has 0 spiro atoms. The van der Waals surface area contributed by atoms with E-state index in [4.69, 9.17) is 4.99 Å². The summed E-state index contributed by atoms with van der Waals surface area (Å²) in [5.41, 5.74) is 4.75. The molecular weight excluding hydrogens is 484 g/mol. The Kier molecular flexibility index (Phi) is 6.90. The normalized spacial score (nSPS) is 22.2. The molecule has 32 heavy (non-hydrogen) atoms. The number of allylic oxidation sites excluding steroid dienone is 2. The molecule has 1 fully saturated rings. The van der Waals surface area contributed by atoms with Gasteiger partial charge in [0.25, 0.3) is 0 Å². The van der Waals surface area contributed by atoms with Gasteiger partial charge in [0, 0.05) is 66.5 Å². The molecule has 0 aliphatic carbocycles. The molecule has 2 aromatic heterocycles. The number of hydrogen-bond donors (Lipinski definition) is 1. The van der Waals surface area contributed by atoms with Crippen LogP contribution in [0.4, 0.5) is 0 Å². The molecule has 0 saturated carbocycles. The van der Waals surface area contributed by atoms with Crippen LogP contribution in [0, 0.1) is 11.8 Å². The lowest BCUT2D eigenvalue weighted by Gasteiger charge is -2.34. The van der Waals surface area contributed by atoms with E-state index in [2.05, 4.69) is 58.6 Å². The number of aliphatic imine (C=N–C) groups is 2. The highest BCUT2D eigenvalue weighted by Crippen LogP contribution is 2.36. The number of rotatable bonds is 6. The summed E-state index contributed by atoms with van der Waals surface area (Å²) < 4.78 is 1.01. The van der Waals surface area contributed by atoms with Crippen LogP contribution in [-0.4, -0.2) is 46.4 Å². The third-order valence-corrected chi connectivity index (χ3v) is 7.70. The monoisotopic (exact) mass is 510 g/mol. The first-order valence-electron chi connectivity index (χ1n) is 11.2. The second kappa shape index (κ2) is 10.2. The predicted octanol–water partition coefficient (Wildman–Crippen LogP) is 4.58. The molecule has 3 aliphatic heterocycles. The van der Waals surface area contributed by atoms with E-state index in [-0.39, 0.29) is 5.92 Å². The molecule has 1 atom stereocenters. The van der Waals surface area contributed by atoms with E-state index >= 15 is 0 Å². The lowest BCUT2D eigenvalue weighted by atomic mass is 9.86. The Labute approximate surface area is 201 Å². The fraction of sp³-hybridized carbons (Fsp3) is 0.417. The lowest BCUT2D eigenvalue weighted by Crippen LogP contribution is -2.37. The van der Waals surface area contributed by atoms with Gasteiger partial charge in [0.1, 0.15) is 5.01 Å². The second-order valence-corrected chi connectivity index (χ2v) is 10.3. The summed E-state index contributed by atoms with van der Waals surface area (Å²) in [6.45, 7) is 4.71. The summed E-state index contributed by atoms with van der Waals surface area (Å²) in [5, 5.41) is 6.97. The van der Waals surface area contributed by atoms with Crippen LogP contribution in [0.15, 0.2) is 68.0 Å². The van der Waals surface area contributed by atoms with Crippen LogP contribution in [0.25, 0.3) is 0 Å². The van der Waals surface area contributed by atoms with Crippen LogP contribution in [0.2, 0.25) is 0 Å². The van der Waals surface area contributed by atoms with E-state index in [0.29, 0.717) is 5.92 Å². The molecule has 166 valence electrons. The van der Waals surface area contributed by atoms with Crippen molar-refractivity contribution in [1.82, 2.24) is 20.2 Å². The third kappa shape index (κ3) is 5.08. The van der Waals surface area contributed by atoms with Crippen molar-refractivity contribution in [3.63, 3.8) is 0 Å². The zero-order valence-electron chi connectivity index (χ0n) is 18.0. The largest absolute Gasteiger partial charge is 0.384 e. The summed E-state index contributed by atoms with van der Waals surface area (Å²) in [5.74, 6) is 0.726. The van der Waals surface area contributed by atoms with E-state index in [1.54, 1.807) is 11.3 Å². The number of likely N-dealkylation sites (tertiary alicyclic amines) is 1. The molecular formula is C24H27BrN6S. The van der Waals surface area contributed by atoms with Crippen LogP contribution in [0.3, 0.4) is 0 Å². The van der Waals surface area contributed by atoms with Crippen LogP contribution >= 0.6 is 27.3 Å². The molecule has 0 bridgehead atoms. The Morgan fingerprint density at radius 1 is 1.19 bits per heavy atom. The van der Waals surface area contributed by atoms with Crippen molar-refractivity contribution in [2.24, 2.45) is 21.8 Å². The quantitative estimate of drug-likeness (QED) is 0.617. The van der Waals surface area contributed by atoms with Gasteiger partial charge in [-0.25, -0.2) is 4.98 Å². The maximum Gasteiger partial charge on any atom is 0.107 e. The number of aromatic nitrogens is 2. The molecule has 0 aromatic carbocycles. The first-order valence-corrected chi connectivity index (χ1v) is 12.9. The molecule has 3 aliphatic rings. The molecule has 8 heteroatoms. The van der Waals surface area contributed by atoms with Gasteiger partial charge in [0.15, 0.2) is 0 Å². The zero-order valence-corrected chi connectivity index (χ0v) is 20.4. The minimum absolute atomic E-state index is 0.247. The molecule has 5 rings (SSSR count). The van der Waals surface area contributed by atoms with E-state index in [0.717, 1.165) is 62.2 Å². The van der Waals surface area contributed by atoms with Crippen LogP contribution in [0.5, 0.6) is 0 Å². The van der Waals surface area contributed by atoms with Crippen molar-refractivity contribution in [2.75, 3.05) is 19.6 Å². The highest BCUT2D eigenvalue weighted by molar-refractivity contribution is 9.12. The number of fused-ring (bicyclic) bond motifs is 1. The highest BCUT2D eigenvalue weighted by Gasteiger charge is 2.31. The molecule has 0 amide bonds. The average molecular weight is 511 g/mol. The first-order chi connectivity index (χ1) is 15.8. The van der Waals surface area contributed by atoms with E-state index in [1.807, 2.05) is 30.9 Å². The Morgan fingerprint density at radius 2 is 2.09 bits per heavy atom. The number of halogens is 1. The number of nitrogens with one attached hydrogen (secondary N) is 1. The van der Waals surface area contributed by atoms with Crippen LogP contribution in [0.1, 0.15) is 29.8 Å². The number of hydrogen-bond acceptors (Lipinski definition) is 7. The predicted molar refractivity (Wildman–Crippen MR) is 134 cm³/mol. The van der Waals surface area contributed by atoms with Crippen molar-refractivity contribution in [1.29, 1.82) is 0 Å². The summed E-state index contributed by atoms with van der Waals surface area (Å²) in [6.07, 6.45) is 13.1. The number of pyridine rings is 1. The van der Waals surface area contributed by atoms with Crippen molar-refractivity contribution in [2.45, 2.75) is 32.4 Å². The van der Waals surface area contributed by atoms with E-state index < -0.39 is 0 Å². The Balaban J connectivity index is 1.32. The topological polar surface area (TPSA) is 65.8 Å². The number of dihydropyridines is 1. The van der Waals surface area contributed by atoms with Crippen LogP contribution in [-0.2, 0) is 13.1 Å². The molecule has 6 nitrogen and oxygen atoms in total. The fourth-order valence-corrected chi connectivity index (χ4v) is 5.75. The standard InChI is InChI=1S/C24H27BrN6S/c25-20-15-27-7-3-19-22(29-14-17-2-1-6-26-13-17)12-21(30-24(19)20)18-4-9-31(10-5-18)16-23-28-8-11-32-23/h1-2,6,8,11-13,15,18-19,29H,3-5,7,9-10,14,16H2. The first kappa shape index (κ1) is 21.7. The molecule has 1 unspecified atom stereocenters. The van der Waals surface area contributed by atoms with Gasteiger partial charge < -0.3 is 5.32 Å². The van der Waals surface area contributed by atoms with Gasteiger partial charge in [-0.2, -0.15) is 0 Å². The van der Waals surface area contributed by atoms with Crippen molar-refractivity contribution < 1.29 is 0 Å². The third-order valence-electron chi connectivity index (χ3n) is 6.32. The van der Waals surface area contributed by atoms with Gasteiger partial charge in [0.05, 0.1) is 16.7 Å². The molecule has 0 radical (unpaired) electrons. The second-order valence-electron chi connectivity index (χ2n) is 8.44. The Hall–Kier alpha value is -2.16. The van der Waals surface area contributed by atoms with Gasteiger partial charge in [-0.1, -0.05) is 6.07 Å². The number of thiazole rings is 1. The van der Waals surface area contributed by atoms with Gasteiger partial charge in [-0.15, -0.1) is 11.3 Å². The number of piperidine rings is 1. The molecule has 5 heterocycles. The van der Waals surface area contributed by atoms with Gasteiger partial charge >= 0.3 is 0 Å². The van der Waals surface area contributed by atoms with E-state index in [1.165, 1.54) is 22.0 Å². The zero-order chi connectivity index (χ0) is 21.8. The molecule has 2 aromatic rings. The smallest absolute Gasteiger partial charge is 0.107 e. The lowest BCUT2D eigenvalue weighted by molar-refractivity contribution is 0.202. The minimum atomic E-state index is 0.247. The summed E-state index contributed by atoms with van der Waals surface area (Å²) >= 11 is 5.48. The maximum absolute atomic E-state index is 5.18. The molecule has 1 saturated heterocycles. The van der Waals surface area contributed by atoms with Crippen LogP contribution < -0.4 is 5.32 Å². The highest BCUT2D eigenvalue weighted by atomic mass is 79.9. The Morgan fingerprint density at radius 3 is 2.88 bits per heavy atom. The maximum atomic E-state index is 5.18. The fourth-order valence-electron chi connectivity index (χ4n) is 4.58. The number of nitrogens with zero attached hydrogens (tertiary/aromatic N) is 5. The molecule has 1 N–H and O–H groups in total. The van der Waals surface area contributed by atoms with Crippen molar-refractivity contribution in [3.05, 3.63) is 68.6 Å². The van der Waals surface area contributed by atoms with Gasteiger partial charge in [-0.05, 0) is 66.0 Å². The van der Waals surface area contributed by atoms with Crippen molar-refractivity contribution >= 4 is 39.2 Å². The average Bonchev–Trinajstić information content (AvgIpc) is 3.27. The summed E-state index contributed by atoms with van der Waals surface area (Å²) in [4.78, 5) is 20.9. The van der Waals surface area contributed by atoms with Gasteiger partial charge in [-0.3, -0.25) is 19.9 Å². The SMILES string of the molecule is BrC1=C2N=C(C3CCN(Cc4nccs4)CC3)C=C(NCc3cccnc3)C2CCN=C1. The summed E-state index contributed by atoms with van der Waals surface area (Å²) in [6, 6.07) is 4.10. The summed E-state index contributed by atoms with van der Waals surface area (Å²) in [7, 11) is 0. The van der Waals surface area contributed by atoms with Crippen molar-refractivity contribution in [3.8, 4) is 0 Å².